The van der Waals surface area contributed by atoms with Crippen LogP contribution >= 0.6 is 50.9 Å². The summed E-state index contributed by atoms with van der Waals surface area (Å²) in [4.78, 5) is 24.4. The first kappa shape index (κ1) is 19.1. The highest BCUT2D eigenvalue weighted by molar-refractivity contribution is 9.10. The van der Waals surface area contributed by atoms with Crippen molar-refractivity contribution in [2.24, 2.45) is 0 Å². The van der Waals surface area contributed by atoms with E-state index in [0.29, 0.717) is 20.6 Å². The van der Waals surface area contributed by atoms with E-state index in [1.807, 2.05) is 18.2 Å². The molecule has 0 unspecified atom stereocenters. The van der Waals surface area contributed by atoms with Gasteiger partial charge in [0.05, 0.1) is 28.0 Å². The molecule has 0 aliphatic carbocycles. The Labute approximate surface area is 162 Å². The van der Waals surface area contributed by atoms with Crippen molar-refractivity contribution in [3.63, 3.8) is 0 Å². The summed E-state index contributed by atoms with van der Waals surface area (Å²) in [6, 6.07) is 12.4. The monoisotopic (exact) mass is 446 g/mol. The van der Waals surface area contributed by atoms with Gasteiger partial charge in [-0.1, -0.05) is 41.4 Å². The minimum Gasteiger partial charge on any atom is -0.346 e. The topological polar surface area (TPSA) is 58.2 Å². The Morgan fingerprint density at radius 1 is 1.00 bits per heavy atom. The molecule has 2 aromatic carbocycles. The molecule has 2 N–H and O–H groups in total. The summed E-state index contributed by atoms with van der Waals surface area (Å²) in [5.74, 6) is -0.472. The van der Waals surface area contributed by atoms with E-state index in [2.05, 4.69) is 26.6 Å². The average molecular weight is 448 g/mol. The van der Waals surface area contributed by atoms with Crippen molar-refractivity contribution < 1.29 is 9.59 Å². The fourth-order valence-corrected chi connectivity index (χ4v) is 3.64. The lowest BCUT2D eigenvalue weighted by Crippen LogP contribution is -2.33. The summed E-state index contributed by atoms with van der Waals surface area (Å²) >= 11 is 16.6. The molecule has 24 heavy (non-hydrogen) atoms. The number of benzene rings is 2. The van der Waals surface area contributed by atoms with Crippen molar-refractivity contribution in [3.8, 4) is 0 Å². The van der Waals surface area contributed by atoms with E-state index in [1.165, 1.54) is 11.8 Å². The third-order valence-corrected chi connectivity index (χ3v) is 5.54. The van der Waals surface area contributed by atoms with Crippen LogP contribution in [0.4, 0.5) is 5.69 Å². The van der Waals surface area contributed by atoms with Gasteiger partial charge in [-0.05, 0) is 40.2 Å². The molecular weight excluding hydrogens is 435 g/mol. The molecule has 126 valence electrons. The van der Waals surface area contributed by atoms with Crippen LogP contribution in [0.15, 0.2) is 51.8 Å². The lowest BCUT2D eigenvalue weighted by atomic mass is 10.3. The van der Waals surface area contributed by atoms with Crippen LogP contribution in [0.2, 0.25) is 10.0 Å². The highest BCUT2D eigenvalue weighted by atomic mass is 79.9. The predicted molar refractivity (Wildman–Crippen MR) is 103 cm³/mol. The van der Waals surface area contributed by atoms with Crippen molar-refractivity contribution in [1.82, 2.24) is 5.32 Å². The van der Waals surface area contributed by atoms with Crippen LogP contribution in [-0.2, 0) is 9.59 Å². The van der Waals surface area contributed by atoms with E-state index < -0.39 is 0 Å². The smallest absolute Gasteiger partial charge is 0.243 e. The van der Waals surface area contributed by atoms with Crippen LogP contribution in [0.5, 0.6) is 0 Å². The maximum Gasteiger partial charge on any atom is 0.243 e. The molecule has 0 aliphatic rings. The molecule has 0 saturated carbocycles. The van der Waals surface area contributed by atoms with Crippen LogP contribution in [0, 0.1) is 0 Å². The van der Waals surface area contributed by atoms with Crippen LogP contribution in [0.3, 0.4) is 0 Å². The first-order valence-electron chi connectivity index (χ1n) is 6.85. The van der Waals surface area contributed by atoms with Crippen LogP contribution in [-0.4, -0.2) is 24.1 Å². The van der Waals surface area contributed by atoms with E-state index >= 15 is 0 Å². The van der Waals surface area contributed by atoms with Crippen LogP contribution < -0.4 is 10.6 Å². The highest BCUT2D eigenvalue weighted by Crippen LogP contribution is 2.33. The first-order valence-corrected chi connectivity index (χ1v) is 9.38. The summed E-state index contributed by atoms with van der Waals surface area (Å²) in [5.41, 5.74) is 0.647. The van der Waals surface area contributed by atoms with Crippen molar-refractivity contribution in [2.45, 2.75) is 4.90 Å². The second kappa shape index (κ2) is 9.32. The van der Waals surface area contributed by atoms with Crippen LogP contribution in [0.25, 0.3) is 0 Å². The van der Waals surface area contributed by atoms with Gasteiger partial charge in [-0.25, -0.2) is 0 Å². The summed E-state index contributed by atoms with van der Waals surface area (Å²) in [6.45, 7) is -0.114. The first-order chi connectivity index (χ1) is 11.5. The molecule has 0 fully saturated rings. The van der Waals surface area contributed by atoms with Crippen molar-refractivity contribution >= 4 is 68.4 Å². The Balaban J connectivity index is 1.79. The molecule has 0 aromatic heterocycles. The van der Waals surface area contributed by atoms with Gasteiger partial charge in [-0.3, -0.25) is 9.59 Å². The molecule has 8 heteroatoms. The number of para-hydroxylation sites is 1. The Morgan fingerprint density at radius 2 is 1.67 bits per heavy atom. The van der Waals surface area contributed by atoms with Crippen molar-refractivity contribution in [3.05, 3.63) is 57.0 Å². The van der Waals surface area contributed by atoms with E-state index in [-0.39, 0.29) is 24.1 Å². The third-order valence-electron chi connectivity index (χ3n) is 2.86. The lowest BCUT2D eigenvalue weighted by Gasteiger charge is -2.09. The summed E-state index contributed by atoms with van der Waals surface area (Å²) < 4.78 is 0.772. The number of anilines is 1. The molecule has 0 saturated heterocycles. The Morgan fingerprint density at radius 3 is 2.33 bits per heavy atom. The summed E-state index contributed by atoms with van der Waals surface area (Å²) in [7, 11) is 0. The van der Waals surface area contributed by atoms with Gasteiger partial charge >= 0.3 is 0 Å². The van der Waals surface area contributed by atoms with Gasteiger partial charge in [0, 0.05) is 9.37 Å². The van der Waals surface area contributed by atoms with E-state index in [1.54, 1.807) is 24.3 Å². The maximum absolute atomic E-state index is 11.9. The molecule has 4 nitrogen and oxygen atoms in total. The standard InChI is InChI=1S/C16H13BrCl2N2O2S/c17-10-4-1-2-7-13(10)21-14(22)8-20-15(23)9-24-16-11(18)5-3-6-12(16)19/h1-7H,8-9H2,(H,20,23)(H,21,22). The predicted octanol–water partition coefficient (Wildman–Crippen LogP) is 4.60. The molecule has 0 radical (unpaired) electrons. The number of nitrogens with one attached hydrogen (secondary N) is 2. The van der Waals surface area contributed by atoms with Gasteiger partial charge in [0.25, 0.3) is 0 Å². The quantitative estimate of drug-likeness (QED) is 0.636. The van der Waals surface area contributed by atoms with Crippen molar-refractivity contribution in [2.75, 3.05) is 17.6 Å². The Kier molecular flexibility index (Phi) is 7.42. The number of hydrogen-bond acceptors (Lipinski definition) is 3. The summed E-state index contributed by atoms with van der Waals surface area (Å²) in [6.07, 6.45) is 0. The molecule has 0 heterocycles. The molecule has 2 amide bonds. The minimum absolute atomic E-state index is 0.114. The zero-order chi connectivity index (χ0) is 17.5. The number of thioether (sulfide) groups is 1. The lowest BCUT2D eigenvalue weighted by molar-refractivity contribution is -0.122. The number of carbonyl (C=O) groups excluding carboxylic acids is 2. The SMILES string of the molecule is O=C(CSc1c(Cl)cccc1Cl)NCC(=O)Nc1ccccc1Br. The molecular formula is C16H13BrCl2N2O2S. The van der Waals surface area contributed by atoms with E-state index in [9.17, 15) is 9.59 Å². The maximum atomic E-state index is 11.9. The second-order valence-electron chi connectivity index (χ2n) is 4.64. The second-order valence-corrected chi connectivity index (χ2v) is 7.30. The van der Waals surface area contributed by atoms with Gasteiger partial charge in [0.2, 0.25) is 11.8 Å². The van der Waals surface area contributed by atoms with Gasteiger partial charge in [0.15, 0.2) is 0 Å². The van der Waals surface area contributed by atoms with Gasteiger partial charge in [-0.15, -0.1) is 11.8 Å². The van der Waals surface area contributed by atoms with Crippen LogP contribution in [0.1, 0.15) is 0 Å². The number of hydrogen-bond donors (Lipinski definition) is 2. The van der Waals surface area contributed by atoms with E-state index in [0.717, 1.165) is 4.47 Å². The fraction of sp³-hybridized carbons (Fsp3) is 0.125. The molecule has 0 spiro atoms. The van der Waals surface area contributed by atoms with Gasteiger partial charge < -0.3 is 10.6 Å². The molecule has 0 aliphatic heterocycles. The molecule has 2 aromatic rings. The fourth-order valence-electron chi connectivity index (χ4n) is 1.75. The largest absolute Gasteiger partial charge is 0.346 e. The Hall–Kier alpha value is -1.21. The number of amides is 2. The molecule has 2 rings (SSSR count). The molecule has 0 atom stereocenters. The van der Waals surface area contributed by atoms with Gasteiger partial charge in [-0.2, -0.15) is 0 Å². The zero-order valence-electron chi connectivity index (χ0n) is 12.3. The number of halogens is 3. The van der Waals surface area contributed by atoms with Crippen molar-refractivity contribution in [1.29, 1.82) is 0 Å². The number of rotatable bonds is 6. The summed E-state index contributed by atoms with van der Waals surface area (Å²) in [5, 5.41) is 6.25. The van der Waals surface area contributed by atoms with Gasteiger partial charge in [0.1, 0.15) is 0 Å². The highest BCUT2D eigenvalue weighted by Gasteiger charge is 2.11. The van der Waals surface area contributed by atoms with E-state index in [4.69, 9.17) is 23.2 Å². The normalized spacial score (nSPS) is 10.3. The Bertz CT molecular complexity index is 738. The molecule has 0 bridgehead atoms. The third kappa shape index (κ3) is 5.70. The minimum atomic E-state index is -0.309. The number of carbonyl (C=O) groups is 2. The zero-order valence-corrected chi connectivity index (χ0v) is 16.2. The average Bonchev–Trinajstić information content (AvgIpc) is 2.54.